The van der Waals surface area contributed by atoms with Crippen LogP contribution in [0.5, 0.6) is 0 Å². The Labute approximate surface area is 104 Å². The van der Waals surface area contributed by atoms with E-state index in [4.69, 9.17) is 0 Å². The Kier molecular flexibility index (Phi) is 4.57. The van der Waals surface area contributed by atoms with Crippen molar-refractivity contribution in [2.75, 3.05) is 26.2 Å². The minimum absolute atomic E-state index is 0.758. The number of aryl methyl sites for hydroxylation is 1. The van der Waals surface area contributed by atoms with Crippen LogP contribution in [0, 0.1) is 0 Å². The molecular formula is C13H24N4. The van der Waals surface area contributed by atoms with Crippen molar-refractivity contribution in [3.63, 3.8) is 0 Å². The van der Waals surface area contributed by atoms with Crippen molar-refractivity contribution in [3.05, 3.63) is 18.0 Å². The summed E-state index contributed by atoms with van der Waals surface area (Å²) < 4.78 is 1.87. The van der Waals surface area contributed by atoms with Gasteiger partial charge in [0.05, 0.1) is 6.20 Å². The summed E-state index contributed by atoms with van der Waals surface area (Å²) in [4.78, 5) is 2.58. The number of rotatable bonds is 6. The van der Waals surface area contributed by atoms with Gasteiger partial charge in [-0.25, -0.2) is 0 Å². The molecule has 0 spiro atoms. The normalized spacial score (nSPS) is 21.2. The molecule has 1 aliphatic rings. The van der Waals surface area contributed by atoms with E-state index in [1.165, 1.54) is 31.5 Å². The lowest BCUT2D eigenvalue weighted by Crippen LogP contribution is -2.38. The summed E-state index contributed by atoms with van der Waals surface area (Å²) >= 11 is 0. The molecule has 1 saturated heterocycles. The molecule has 1 atom stereocenters. The fraction of sp³-hybridized carbons (Fsp3) is 0.769. The van der Waals surface area contributed by atoms with Gasteiger partial charge in [-0.15, -0.1) is 0 Å². The zero-order chi connectivity index (χ0) is 12.1. The second kappa shape index (κ2) is 6.17. The van der Waals surface area contributed by atoms with Gasteiger partial charge in [-0.05, 0) is 44.5 Å². The maximum atomic E-state index is 4.18. The highest BCUT2D eigenvalue weighted by Crippen LogP contribution is 2.15. The molecule has 1 aliphatic heterocycles. The largest absolute Gasteiger partial charge is 0.315 e. The van der Waals surface area contributed by atoms with E-state index in [2.05, 4.69) is 28.4 Å². The highest BCUT2D eigenvalue weighted by molar-refractivity contribution is 5.03. The van der Waals surface area contributed by atoms with E-state index < -0.39 is 0 Å². The lowest BCUT2D eigenvalue weighted by atomic mass is 10.2. The summed E-state index contributed by atoms with van der Waals surface area (Å²) in [6, 6.07) is 0.758. The topological polar surface area (TPSA) is 33.1 Å². The van der Waals surface area contributed by atoms with Crippen LogP contribution in [-0.4, -0.2) is 46.9 Å². The number of likely N-dealkylation sites (N-methyl/N-ethyl adjacent to an activating group) is 1. The molecule has 1 unspecified atom stereocenters. The maximum Gasteiger partial charge on any atom is 0.0522 e. The molecule has 1 fully saturated rings. The molecule has 2 heterocycles. The molecule has 1 aromatic heterocycles. The SMILES string of the molecule is CCN1CCCC1CNCCc1cnn(C)c1. The molecule has 17 heavy (non-hydrogen) atoms. The zero-order valence-corrected chi connectivity index (χ0v) is 11.0. The van der Waals surface area contributed by atoms with Crippen molar-refractivity contribution in [3.8, 4) is 0 Å². The van der Waals surface area contributed by atoms with Crippen molar-refractivity contribution in [2.45, 2.75) is 32.2 Å². The van der Waals surface area contributed by atoms with Gasteiger partial charge in [0.2, 0.25) is 0 Å². The van der Waals surface area contributed by atoms with Gasteiger partial charge in [-0.1, -0.05) is 6.92 Å². The van der Waals surface area contributed by atoms with Crippen molar-refractivity contribution < 1.29 is 0 Å². The Hall–Kier alpha value is -0.870. The van der Waals surface area contributed by atoms with Crippen LogP contribution in [0.15, 0.2) is 12.4 Å². The first-order valence-corrected chi connectivity index (χ1v) is 6.72. The van der Waals surface area contributed by atoms with E-state index in [1.54, 1.807) is 0 Å². The van der Waals surface area contributed by atoms with Gasteiger partial charge in [-0.2, -0.15) is 5.10 Å². The zero-order valence-electron chi connectivity index (χ0n) is 11.0. The Balaban J connectivity index is 1.63. The fourth-order valence-electron chi connectivity index (χ4n) is 2.64. The van der Waals surface area contributed by atoms with Gasteiger partial charge in [0.25, 0.3) is 0 Å². The second-order valence-electron chi connectivity index (χ2n) is 4.90. The van der Waals surface area contributed by atoms with Crippen LogP contribution in [-0.2, 0) is 13.5 Å². The van der Waals surface area contributed by atoms with Crippen LogP contribution in [0.1, 0.15) is 25.3 Å². The van der Waals surface area contributed by atoms with E-state index in [1.807, 2.05) is 17.9 Å². The average Bonchev–Trinajstić information content (AvgIpc) is 2.93. The average molecular weight is 236 g/mol. The Morgan fingerprint density at radius 1 is 1.53 bits per heavy atom. The number of nitrogens with zero attached hydrogens (tertiary/aromatic N) is 3. The van der Waals surface area contributed by atoms with Crippen LogP contribution in [0.3, 0.4) is 0 Å². The lowest BCUT2D eigenvalue weighted by molar-refractivity contribution is 0.260. The number of aromatic nitrogens is 2. The molecule has 0 radical (unpaired) electrons. The Morgan fingerprint density at radius 2 is 2.41 bits per heavy atom. The predicted octanol–water partition coefficient (Wildman–Crippen LogP) is 1.04. The number of hydrogen-bond acceptors (Lipinski definition) is 3. The van der Waals surface area contributed by atoms with Gasteiger partial charge in [0, 0.05) is 25.8 Å². The standard InChI is InChI=1S/C13H24N4/c1-3-17-8-4-5-13(17)10-14-7-6-12-9-15-16(2)11-12/h9,11,13-14H,3-8,10H2,1-2H3. The first-order valence-electron chi connectivity index (χ1n) is 6.72. The predicted molar refractivity (Wildman–Crippen MR) is 70.1 cm³/mol. The summed E-state index contributed by atoms with van der Waals surface area (Å²) in [6.07, 6.45) is 7.84. The Morgan fingerprint density at radius 3 is 3.12 bits per heavy atom. The monoisotopic (exact) mass is 236 g/mol. The van der Waals surface area contributed by atoms with Crippen LogP contribution in [0.25, 0.3) is 0 Å². The number of hydrogen-bond donors (Lipinski definition) is 1. The van der Waals surface area contributed by atoms with Crippen molar-refractivity contribution in [1.29, 1.82) is 0 Å². The van der Waals surface area contributed by atoms with Gasteiger partial charge in [0.1, 0.15) is 0 Å². The molecule has 0 bridgehead atoms. The van der Waals surface area contributed by atoms with Crippen molar-refractivity contribution >= 4 is 0 Å². The van der Waals surface area contributed by atoms with Crippen LogP contribution >= 0.6 is 0 Å². The summed E-state index contributed by atoms with van der Waals surface area (Å²) in [5.41, 5.74) is 1.32. The van der Waals surface area contributed by atoms with E-state index in [0.29, 0.717) is 0 Å². The molecule has 1 aromatic rings. The van der Waals surface area contributed by atoms with Gasteiger partial charge in [0.15, 0.2) is 0 Å². The molecule has 0 saturated carbocycles. The van der Waals surface area contributed by atoms with Gasteiger partial charge in [-0.3, -0.25) is 9.58 Å². The number of likely N-dealkylation sites (tertiary alicyclic amines) is 1. The second-order valence-corrected chi connectivity index (χ2v) is 4.90. The fourth-order valence-corrected chi connectivity index (χ4v) is 2.64. The van der Waals surface area contributed by atoms with E-state index >= 15 is 0 Å². The summed E-state index contributed by atoms with van der Waals surface area (Å²) in [5.74, 6) is 0. The first kappa shape index (κ1) is 12.6. The first-order chi connectivity index (χ1) is 8.29. The third-order valence-corrected chi connectivity index (χ3v) is 3.63. The van der Waals surface area contributed by atoms with Crippen LogP contribution in [0.4, 0.5) is 0 Å². The van der Waals surface area contributed by atoms with Gasteiger partial charge < -0.3 is 5.32 Å². The third kappa shape index (κ3) is 3.54. The molecule has 1 N–H and O–H groups in total. The molecule has 2 rings (SSSR count). The van der Waals surface area contributed by atoms with Crippen molar-refractivity contribution in [1.82, 2.24) is 20.0 Å². The van der Waals surface area contributed by atoms with E-state index in [9.17, 15) is 0 Å². The molecule has 0 amide bonds. The minimum atomic E-state index is 0.758. The summed E-state index contributed by atoms with van der Waals surface area (Å²) in [5, 5.41) is 7.75. The lowest BCUT2D eigenvalue weighted by Gasteiger charge is -2.22. The molecule has 0 aromatic carbocycles. The summed E-state index contributed by atoms with van der Waals surface area (Å²) in [6.45, 7) is 6.92. The van der Waals surface area contributed by atoms with Crippen LogP contribution < -0.4 is 5.32 Å². The molecule has 4 nitrogen and oxygen atoms in total. The maximum absolute atomic E-state index is 4.18. The molecule has 4 heteroatoms. The molecular weight excluding hydrogens is 212 g/mol. The van der Waals surface area contributed by atoms with E-state index in [-0.39, 0.29) is 0 Å². The molecule has 96 valence electrons. The van der Waals surface area contributed by atoms with E-state index in [0.717, 1.165) is 25.6 Å². The molecule has 0 aliphatic carbocycles. The highest BCUT2D eigenvalue weighted by Gasteiger charge is 2.21. The quantitative estimate of drug-likeness (QED) is 0.749. The third-order valence-electron chi connectivity index (χ3n) is 3.63. The Bertz CT molecular complexity index is 334. The minimum Gasteiger partial charge on any atom is -0.315 e. The van der Waals surface area contributed by atoms with Gasteiger partial charge >= 0.3 is 0 Å². The van der Waals surface area contributed by atoms with Crippen molar-refractivity contribution in [2.24, 2.45) is 7.05 Å². The smallest absolute Gasteiger partial charge is 0.0522 e. The number of nitrogens with one attached hydrogen (secondary N) is 1. The summed E-state index contributed by atoms with van der Waals surface area (Å²) in [7, 11) is 1.97. The van der Waals surface area contributed by atoms with Crippen LogP contribution in [0.2, 0.25) is 0 Å². The highest BCUT2D eigenvalue weighted by atomic mass is 15.2.